The molecule has 2 aromatic rings. The van der Waals surface area contributed by atoms with Gasteiger partial charge in [0.1, 0.15) is 6.54 Å². The van der Waals surface area contributed by atoms with Crippen LogP contribution in [0.25, 0.3) is 0 Å². The first kappa shape index (κ1) is 21.7. The van der Waals surface area contributed by atoms with E-state index >= 15 is 0 Å². The monoisotopic (exact) mass is 366 g/mol. The molecule has 0 fully saturated rings. The van der Waals surface area contributed by atoms with Crippen molar-refractivity contribution in [2.75, 3.05) is 0 Å². The summed E-state index contributed by atoms with van der Waals surface area (Å²) in [6.45, 7) is 8.03. The zero-order valence-corrected chi connectivity index (χ0v) is 17.9. The van der Waals surface area contributed by atoms with Gasteiger partial charge in [-0.05, 0) is 48.6 Å². The highest BCUT2D eigenvalue weighted by Gasteiger charge is 2.15. The van der Waals surface area contributed by atoms with E-state index in [2.05, 4.69) is 80.2 Å². The van der Waals surface area contributed by atoms with Crippen LogP contribution in [0.5, 0.6) is 0 Å². The zero-order valence-electron chi connectivity index (χ0n) is 17.9. The summed E-state index contributed by atoms with van der Waals surface area (Å²) in [4.78, 5) is 0. The van der Waals surface area contributed by atoms with Crippen molar-refractivity contribution in [2.24, 2.45) is 0 Å². The Labute approximate surface area is 167 Å². The van der Waals surface area contributed by atoms with Crippen LogP contribution < -0.4 is 4.57 Å². The molecule has 1 aromatic carbocycles. The number of hydrogen-bond donors (Lipinski definition) is 0. The minimum absolute atomic E-state index is 0.717. The summed E-state index contributed by atoms with van der Waals surface area (Å²) in [5.41, 5.74) is 3.07. The molecule has 2 atom stereocenters. The molecule has 0 radical (unpaired) electrons. The van der Waals surface area contributed by atoms with Crippen LogP contribution in [0.3, 0.4) is 0 Å². The molecule has 0 N–H and O–H groups in total. The molecule has 0 saturated carbocycles. The van der Waals surface area contributed by atoms with Crippen molar-refractivity contribution in [3.05, 3.63) is 66.0 Å². The summed E-state index contributed by atoms with van der Waals surface area (Å²) < 4.78 is 2.34. The van der Waals surface area contributed by atoms with Gasteiger partial charge in [0.25, 0.3) is 0 Å². The van der Waals surface area contributed by atoms with Gasteiger partial charge >= 0.3 is 0 Å². The lowest BCUT2D eigenvalue weighted by Crippen LogP contribution is -2.32. The lowest BCUT2D eigenvalue weighted by molar-refractivity contribution is -0.697. The van der Waals surface area contributed by atoms with Gasteiger partial charge in [0.15, 0.2) is 12.4 Å². The number of nitrogens with zero attached hydrogens (tertiary/aromatic N) is 1. The van der Waals surface area contributed by atoms with Crippen LogP contribution in [-0.4, -0.2) is 0 Å². The molecule has 27 heavy (non-hydrogen) atoms. The first-order valence-electron chi connectivity index (χ1n) is 11.3. The molecule has 0 aliphatic rings. The third-order valence-electron chi connectivity index (χ3n) is 5.81. The van der Waals surface area contributed by atoms with E-state index < -0.39 is 0 Å². The largest absolute Gasteiger partial charge is 0.205 e. The third kappa shape index (κ3) is 7.48. The minimum atomic E-state index is 0.717. The van der Waals surface area contributed by atoms with Gasteiger partial charge in [-0.1, -0.05) is 76.8 Å². The van der Waals surface area contributed by atoms with Crippen LogP contribution in [0.2, 0.25) is 0 Å². The summed E-state index contributed by atoms with van der Waals surface area (Å²) in [5, 5.41) is 0. The van der Waals surface area contributed by atoms with Crippen LogP contribution in [0.15, 0.2) is 54.9 Å². The second-order valence-electron chi connectivity index (χ2n) is 8.04. The molecule has 1 heterocycles. The van der Waals surface area contributed by atoms with Gasteiger partial charge in [-0.3, -0.25) is 0 Å². The summed E-state index contributed by atoms with van der Waals surface area (Å²) >= 11 is 0. The molecule has 1 aromatic heterocycles. The van der Waals surface area contributed by atoms with E-state index in [9.17, 15) is 0 Å². The predicted molar refractivity (Wildman–Crippen MR) is 117 cm³/mol. The Kier molecular flexibility index (Phi) is 10.2. The molecule has 0 aliphatic heterocycles. The Hall–Kier alpha value is -1.63. The van der Waals surface area contributed by atoms with Crippen LogP contribution in [-0.2, 0) is 6.54 Å². The molecule has 1 nitrogen and oxygen atoms in total. The molecule has 0 aliphatic carbocycles. The van der Waals surface area contributed by atoms with Gasteiger partial charge in [-0.2, -0.15) is 0 Å². The second-order valence-corrected chi connectivity index (χ2v) is 8.04. The van der Waals surface area contributed by atoms with Crippen molar-refractivity contribution in [3.63, 3.8) is 0 Å². The molecule has 0 amide bonds. The van der Waals surface area contributed by atoms with Gasteiger partial charge < -0.3 is 0 Å². The van der Waals surface area contributed by atoms with E-state index in [1.807, 2.05) is 0 Å². The van der Waals surface area contributed by atoms with E-state index in [0.29, 0.717) is 5.92 Å². The first-order chi connectivity index (χ1) is 13.3. The lowest BCUT2D eigenvalue weighted by atomic mass is 9.85. The van der Waals surface area contributed by atoms with Crippen molar-refractivity contribution >= 4 is 0 Å². The molecular formula is C26H40N+. The standard InChI is InChI=1S/C26H40N/c1-4-7-20-27-21-18-26(19-22-27)24(13-6-3)17-11-16-23(12-5-2)25-14-9-8-10-15-25/h8-10,14-15,18-19,21-24H,4-7,11-13,16-17,20H2,1-3H3/q+1. The van der Waals surface area contributed by atoms with E-state index in [0.717, 1.165) is 12.5 Å². The maximum Gasteiger partial charge on any atom is 0.169 e. The Morgan fingerprint density at radius 2 is 1.19 bits per heavy atom. The number of aromatic nitrogens is 1. The van der Waals surface area contributed by atoms with Crippen LogP contribution >= 0.6 is 0 Å². The zero-order chi connectivity index (χ0) is 19.3. The molecule has 1 heteroatoms. The molecule has 0 bridgehead atoms. The maximum atomic E-state index is 2.37. The fourth-order valence-electron chi connectivity index (χ4n) is 4.22. The van der Waals surface area contributed by atoms with Gasteiger partial charge in [0.05, 0.1) is 0 Å². The molecule has 148 valence electrons. The first-order valence-corrected chi connectivity index (χ1v) is 11.3. The normalized spacial score (nSPS) is 13.4. The highest BCUT2D eigenvalue weighted by Crippen LogP contribution is 2.31. The molecule has 0 spiro atoms. The topological polar surface area (TPSA) is 3.88 Å². The molecule has 0 saturated heterocycles. The van der Waals surface area contributed by atoms with Crippen LogP contribution in [0.1, 0.15) is 102 Å². The van der Waals surface area contributed by atoms with Crippen molar-refractivity contribution in [1.29, 1.82) is 0 Å². The van der Waals surface area contributed by atoms with Gasteiger partial charge in [-0.15, -0.1) is 0 Å². The fraction of sp³-hybridized carbons (Fsp3) is 0.577. The van der Waals surface area contributed by atoms with E-state index in [-0.39, 0.29) is 0 Å². The number of hydrogen-bond acceptors (Lipinski definition) is 0. The summed E-state index contributed by atoms with van der Waals surface area (Å²) in [7, 11) is 0. The van der Waals surface area contributed by atoms with Crippen molar-refractivity contribution in [2.45, 2.75) is 96.9 Å². The average molecular weight is 367 g/mol. The summed E-state index contributed by atoms with van der Waals surface area (Å²) in [5.74, 6) is 1.44. The number of aryl methyl sites for hydroxylation is 1. The summed E-state index contributed by atoms with van der Waals surface area (Å²) in [6.07, 6.45) is 16.2. The minimum Gasteiger partial charge on any atom is -0.205 e. The van der Waals surface area contributed by atoms with Crippen molar-refractivity contribution in [3.8, 4) is 0 Å². The lowest BCUT2D eigenvalue weighted by Gasteiger charge is -2.20. The van der Waals surface area contributed by atoms with Gasteiger partial charge in [-0.25, -0.2) is 4.57 Å². The molecule has 2 unspecified atom stereocenters. The van der Waals surface area contributed by atoms with Gasteiger partial charge in [0, 0.05) is 18.6 Å². The number of benzene rings is 1. The highest BCUT2D eigenvalue weighted by atomic mass is 14.9. The quantitative estimate of drug-likeness (QED) is 0.325. The second kappa shape index (κ2) is 12.7. The number of pyridine rings is 1. The third-order valence-corrected chi connectivity index (χ3v) is 5.81. The van der Waals surface area contributed by atoms with Crippen LogP contribution in [0.4, 0.5) is 0 Å². The van der Waals surface area contributed by atoms with Crippen molar-refractivity contribution < 1.29 is 4.57 Å². The van der Waals surface area contributed by atoms with E-state index in [1.165, 1.54) is 68.9 Å². The summed E-state index contributed by atoms with van der Waals surface area (Å²) in [6, 6.07) is 15.9. The fourth-order valence-corrected chi connectivity index (χ4v) is 4.22. The average Bonchev–Trinajstić information content (AvgIpc) is 2.72. The smallest absolute Gasteiger partial charge is 0.169 e. The highest BCUT2D eigenvalue weighted by molar-refractivity contribution is 5.19. The van der Waals surface area contributed by atoms with Crippen molar-refractivity contribution in [1.82, 2.24) is 0 Å². The number of rotatable bonds is 13. The van der Waals surface area contributed by atoms with Gasteiger partial charge in [0.2, 0.25) is 0 Å². The Morgan fingerprint density at radius 1 is 0.630 bits per heavy atom. The van der Waals surface area contributed by atoms with Crippen LogP contribution in [0, 0.1) is 0 Å². The molecule has 2 rings (SSSR count). The van der Waals surface area contributed by atoms with E-state index in [4.69, 9.17) is 0 Å². The van der Waals surface area contributed by atoms with E-state index in [1.54, 1.807) is 0 Å². The molecular weight excluding hydrogens is 326 g/mol. The Morgan fingerprint density at radius 3 is 1.70 bits per heavy atom. The Bertz CT molecular complexity index is 602. The maximum absolute atomic E-state index is 2.37. The predicted octanol–water partition coefficient (Wildman–Crippen LogP) is 7.41. The number of unbranched alkanes of at least 4 members (excludes halogenated alkanes) is 1. The Balaban J connectivity index is 1.93. The SMILES string of the molecule is CCCC[n+]1ccc(C(CCC)CCCC(CCC)c2ccccc2)cc1.